The zero-order valence-electron chi connectivity index (χ0n) is 28.9. The van der Waals surface area contributed by atoms with E-state index in [2.05, 4.69) is 32.8 Å². The van der Waals surface area contributed by atoms with Crippen LogP contribution in [0.1, 0.15) is 54.5 Å². The molecule has 2 atom stereocenters. The number of nitrogens with two attached hydrogens (primary N) is 2. The minimum Gasteiger partial charge on any atom is -0.508 e. The van der Waals surface area contributed by atoms with Crippen LogP contribution < -0.4 is 25.7 Å². The van der Waals surface area contributed by atoms with Gasteiger partial charge in [-0.2, -0.15) is 0 Å². The number of aliphatic imine (C=N–C) groups is 2. The molecule has 1 saturated carbocycles. The van der Waals surface area contributed by atoms with Gasteiger partial charge in [0.1, 0.15) is 54.3 Å². The first-order valence-corrected chi connectivity index (χ1v) is 17.7. The van der Waals surface area contributed by atoms with Crippen LogP contribution in [0.5, 0.6) is 34.5 Å². The summed E-state index contributed by atoms with van der Waals surface area (Å²) in [6, 6.07) is 22.7. The quantitative estimate of drug-likeness (QED) is 0.191. The number of amidine groups is 2. The Labute approximate surface area is 309 Å². The van der Waals surface area contributed by atoms with E-state index in [9.17, 15) is 5.11 Å². The maximum atomic E-state index is 9.82. The Morgan fingerprint density at radius 1 is 0.808 bits per heavy atom. The smallest absolute Gasteiger partial charge is 0.283 e. The average Bonchev–Trinajstić information content (AvgIpc) is 3.77. The van der Waals surface area contributed by atoms with Gasteiger partial charge in [0.05, 0.1) is 5.60 Å². The minimum absolute atomic E-state index is 0.136. The maximum Gasteiger partial charge on any atom is 0.283 e. The van der Waals surface area contributed by atoms with E-state index in [1.807, 2.05) is 68.4 Å². The number of hydrogen-bond donors (Lipinski definition) is 3. The summed E-state index contributed by atoms with van der Waals surface area (Å²) >= 11 is 3.46. The largest absolute Gasteiger partial charge is 0.508 e. The van der Waals surface area contributed by atoms with Crippen LogP contribution in [0, 0.1) is 17.8 Å². The number of rotatable bonds is 4. The number of phenols is 1. The lowest BCUT2D eigenvalue weighted by Gasteiger charge is -2.34. The molecular formula is C40H37BrN4O7. The number of aromatic hydroxyl groups is 1. The molecule has 11 nitrogen and oxygen atoms in total. The van der Waals surface area contributed by atoms with Gasteiger partial charge in [0, 0.05) is 45.3 Å². The van der Waals surface area contributed by atoms with Gasteiger partial charge < -0.3 is 45.0 Å². The molecule has 4 aromatic rings. The first-order valence-electron chi connectivity index (χ1n) is 16.9. The zero-order valence-corrected chi connectivity index (χ0v) is 30.5. The number of halogens is 1. The molecule has 0 saturated heterocycles. The fourth-order valence-corrected chi connectivity index (χ4v) is 6.91. The molecule has 5 N–H and O–H groups in total. The van der Waals surface area contributed by atoms with Gasteiger partial charge >= 0.3 is 0 Å². The second-order valence-corrected chi connectivity index (χ2v) is 14.8. The summed E-state index contributed by atoms with van der Waals surface area (Å²) in [7, 11) is 1.67. The van der Waals surface area contributed by atoms with Crippen molar-refractivity contribution in [2.75, 3.05) is 26.9 Å². The molecule has 0 bridgehead atoms. The summed E-state index contributed by atoms with van der Waals surface area (Å²) in [5, 5.41) is 9.82. The number of methoxy groups -OCH3 is 1. The lowest BCUT2D eigenvalue weighted by molar-refractivity contribution is -0.0147. The van der Waals surface area contributed by atoms with Gasteiger partial charge in [-0.05, 0) is 99.5 Å². The fourth-order valence-electron chi connectivity index (χ4n) is 6.55. The number of benzene rings is 4. The SMILES string of the molecule is COC(C)(C)COc1ccc2c(c1)[C@]1(COC(N)=N1)c1cc(C#CC3CC3)ccc1O2.NC1=N[C@]2(CO1)c1cc(O)ccc1Oc1ccc(Br)cc12. The standard InChI is InChI=1S/C25H26N2O4.C15H11BrN2O3/c1-24(2,28-3)14-29-18-9-11-22-20(13-18)25(15-30-23(26)27-25)19-12-17(7-6-16-4-5-16)8-10-21(19)31-22;16-8-1-3-12-10(5-8)15(7-20-14(17)18-15)11-6-9(19)2-4-13(11)21-12/h8-13,16H,4-5,14-15H2,1-3H3,(H2,26,27);1-6,19H,7H2,(H2,17,18)/t25-;15-/m00/s1. The lowest BCUT2D eigenvalue weighted by Crippen LogP contribution is -2.32. The summed E-state index contributed by atoms with van der Waals surface area (Å²) in [5.74, 6) is 10.8. The van der Waals surface area contributed by atoms with Crippen molar-refractivity contribution in [3.8, 4) is 46.3 Å². The molecule has 2 spiro atoms. The topological polar surface area (TPSA) is 152 Å². The second kappa shape index (κ2) is 12.7. The van der Waals surface area contributed by atoms with Crippen LogP contribution in [0.2, 0.25) is 0 Å². The van der Waals surface area contributed by atoms with E-state index in [-0.39, 0.29) is 24.4 Å². The van der Waals surface area contributed by atoms with Crippen molar-refractivity contribution in [2.45, 2.75) is 43.4 Å². The Balaban J connectivity index is 0.000000160. The lowest BCUT2D eigenvalue weighted by atomic mass is 9.80. The summed E-state index contributed by atoms with van der Waals surface area (Å²) in [6.45, 7) is 4.95. The Morgan fingerprint density at radius 2 is 1.37 bits per heavy atom. The molecule has 4 aromatic carbocycles. The highest BCUT2D eigenvalue weighted by molar-refractivity contribution is 9.10. The number of ether oxygens (including phenoxy) is 6. The summed E-state index contributed by atoms with van der Waals surface area (Å²) in [4.78, 5) is 9.25. The van der Waals surface area contributed by atoms with Crippen LogP contribution in [0.4, 0.5) is 0 Å². The first kappa shape index (κ1) is 33.7. The summed E-state index contributed by atoms with van der Waals surface area (Å²) in [5.41, 5.74) is 14.1. The molecule has 4 heterocycles. The molecule has 0 unspecified atom stereocenters. The van der Waals surface area contributed by atoms with Crippen molar-refractivity contribution >= 4 is 28.0 Å². The first-order chi connectivity index (χ1) is 25.0. The van der Waals surface area contributed by atoms with Gasteiger partial charge in [0.25, 0.3) is 12.0 Å². The molecule has 9 rings (SSSR count). The molecule has 5 aliphatic rings. The number of nitrogens with zero attached hydrogens (tertiary/aromatic N) is 2. The normalized spacial score (nSPS) is 21.5. The van der Waals surface area contributed by atoms with E-state index < -0.39 is 16.7 Å². The molecule has 0 radical (unpaired) electrons. The number of phenolic OH excluding ortho intramolecular Hbond substituents is 1. The predicted molar refractivity (Wildman–Crippen MR) is 198 cm³/mol. The van der Waals surface area contributed by atoms with Crippen LogP contribution in [0.3, 0.4) is 0 Å². The van der Waals surface area contributed by atoms with Crippen molar-refractivity contribution in [1.29, 1.82) is 0 Å². The number of fused-ring (bicyclic) bond motifs is 8. The second-order valence-electron chi connectivity index (χ2n) is 13.9. The third-order valence-electron chi connectivity index (χ3n) is 9.65. The Kier molecular flexibility index (Phi) is 8.23. The summed E-state index contributed by atoms with van der Waals surface area (Å²) in [6.07, 6.45) is 2.38. The molecule has 1 aliphatic carbocycles. The van der Waals surface area contributed by atoms with Gasteiger partial charge in [-0.1, -0.05) is 27.8 Å². The van der Waals surface area contributed by atoms with Crippen LogP contribution >= 0.6 is 15.9 Å². The zero-order chi connectivity index (χ0) is 36.3. The van der Waals surface area contributed by atoms with Gasteiger partial charge in [-0.15, -0.1) is 0 Å². The molecule has 0 amide bonds. The highest BCUT2D eigenvalue weighted by Crippen LogP contribution is 2.53. The van der Waals surface area contributed by atoms with Crippen molar-refractivity contribution in [1.82, 2.24) is 0 Å². The molecule has 4 aliphatic heterocycles. The Morgan fingerprint density at radius 3 is 1.96 bits per heavy atom. The molecule has 0 aromatic heterocycles. The highest BCUT2D eigenvalue weighted by Gasteiger charge is 2.48. The highest BCUT2D eigenvalue weighted by atomic mass is 79.9. The van der Waals surface area contributed by atoms with Crippen LogP contribution in [0.15, 0.2) is 87.3 Å². The van der Waals surface area contributed by atoms with Gasteiger partial charge in [-0.3, -0.25) is 0 Å². The third kappa shape index (κ3) is 6.14. The predicted octanol–water partition coefficient (Wildman–Crippen LogP) is 6.80. The van der Waals surface area contributed by atoms with Gasteiger partial charge in [0.15, 0.2) is 11.1 Å². The molecule has 52 heavy (non-hydrogen) atoms. The van der Waals surface area contributed by atoms with Crippen LogP contribution in [0.25, 0.3) is 0 Å². The van der Waals surface area contributed by atoms with Crippen molar-refractivity contribution in [3.05, 3.63) is 105 Å². The minimum atomic E-state index is -0.791. The van der Waals surface area contributed by atoms with Crippen LogP contribution in [-0.2, 0) is 25.3 Å². The monoisotopic (exact) mass is 764 g/mol. The van der Waals surface area contributed by atoms with Crippen molar-refractivity contribution < 1.29 is 33.5 Å². The third-order valence-corrected chi connectivity index (χ3v) is 10.1. The van der Waals surface area contributed by atoms with E-state index in [1.165, 1.54) is 12.8 Å². The maximum absolute atomic E-state index is 9.82. The van der Waals surface area contributed by atoms with Gasteiger partial charge in [0.2, 0.25) is 0 Å². The molecule has 266 valence electrons. The van der Waals surface area contributed by atoms with E-state index in [1.54, 1.807) is 25.3 Å². The van der Waals surface area contributed by atoms with Crippen LogP contribution in [-0.4, -0.2) is 49.7 Å². The Bertz CT molecular complexity index is 2170. The van der Waals surface area contributed by atoms with E-state index in [0.29, 0.717) is 42.1 Å². The number of hydrogen-bond acceptors (Lipinski definition) is 11. The Hall–Kier alpha value is -5.38. The van der Waals surface area contributed by atoms with Gasteiger partial charge in [-0.25, -0.2) is 9.98 Å². The average molecular weight is 766 g/mol. The van der Waals surface area contributed by atoms with Crippen molar-refractivity contribution in [3.63, 3.8) is 0 Å². The van der Waals surface area contributed by atoms with E-state index in [4.69, 9.17) is 44.9 Å². The van der Waals surface area contributed by atoms with Crippen molar-refractivity contribution in [2.24, 2.45) is 27.4 Å². The van der Waals surface area contributed by atoms with E-state index >= 15 is 0 Å². The molecule has 1 fully saturated rings. The molecular weight excluding hydrogens is 728 g/mol. The fraction of sp³-hybridized carbons (Fsp3) is 0.300. The molecule has 12 heteroatoms. The van der Waals surface area contributed by atoms with E-state index in [0.717, 1.165) is 38.0 Å². The summed E-state index contributed by atoms with van der Waals surface area (Å²) < 4.78 is 35.6.